The van der Waals surface area contributed by atoms with Crippen molar-refractivity contribution in [3.8, 4) is 5.75 Å². The lowest BCUT2D eigenvalue weighted by Gasteiger charge is -2.33. The van der Waals surface area contributed by atoms with E-state index >= 15 is 0 Å². The number of benzene rings is 2. The van der Waals surface area contributed by atoms with Gasteiger partial charge in [0.25, 0.3) is 11.8 Å². The molecule has 2 aromatic carbocycles. The minimum Gasteiger partial charge on any atom is -0.489 e. The zero-order chi connectivity index (χ0) is 24.5. The first-order valence-electron chi connectivity index (χ1n) is 11.2. The molecule has 3 amide bonds. The van der Waals surface area contributed by atoms with Crippen LogP contribution in [0.15, 0.2) is 42.5 Å². The number of anilines is 3. The van der Waals surface area contributed by atoms with E-state index in [-0.39, 0.29) is 32.0 Å². The Morgan fingerprint density at radius 1 is 1.11 bits per heavy atom. The number of cyclic esters (lactones) is 1. The Balaban J connectivity index is 1.22. The summed E-state index contributed by atoms with van der Waals surface area (Å²) < 4.78 is 16.6. The first kappa shape index (κ1) is 23.1. The molecule has 5 rings (SSSR count). The summed E-state index contributed by atoms with van der Waals surface area (Å²) in [5, 5.41) is 3.05. The topological polar surface area (TPSA) is 114 Å². The van der Waals surface area contributed by atoms with Crippen molar-refractivity contribution in [3.63, 3.8) is 0 Å². The van der Waals surface area contributed by atoms with Gasteiger partial charge in [-0.25, -0.2) is 4.79 Å². The highest BCUT2D eigenvalue weighted by Crippen LogP contribution is 2.41. The molecule has 1 N–H and O–H groups in total. The lowest BCUT2D eigenvalue weighted by molar-refractivity contribution is -0.135. The van der Waals surface area contributed by atoms with E-state index in [1.54, 1.807) is 47.4 Å². The van der Waals surface area contributed by atoms with Gasteiger partial charge in [-0.3, -0.25) is 19.3 Å². The van der Waals surface area contributed by atoms with E-state index in [1.165, 1.54) is 4.90 Å². The monoisotopic (exact) mass is 499 g/mol. The van der Waals surface area contributed by atoms with Crippen LogP contribution in [0.25, 0.3) is 0 Å². The fraction of sp³-hybridized carbons (Fsp3) is 0.333. The van der Waals surface area contributed by atoms with Crippen molar-refractivity contribution in [2.75, 3.05) is 41.5 Å². The van der Waals surface area contributed by atoms with E-state index in [0.717, 1.165) is 0 Å². The highest BCUT2D eigenvalue weighted by molar-refractivity contribution is 6.40. The molecule has 182 valence electrons. The maximum absolute atomic E-state index is 12.7. The number of nitrogens with one attached hydrogen (secondary N) is 1. The Morgan fingerprint density at radius 2 is 1.91 bits per heavy atom. The third-order valence-corrected chi connectivity index (χ3v) is 6.38. The molecule has 3 heterocycles. The van der Waals surface area contributed by atoms with Gasteiger partial charge in [-0.2, -0.15) is 0 Å². The molecule has 2 aromatic rings. The third kappa shape index (κ3) is 4.67. The van der Waals surface area contributed by atoms with Crippen molar-refractivity contribution >= 4 is 52.4 Å². The van der Waals surface area contributed by atoms with E-state index < -0.39 is 29.9 Å². The minimum atomic E-state index is -0.746. The highest BCUT2D eigenvalue weighted by atomic mass is 35.5. The molecule has 3 aliphatic rings. The Kier molecular flexibility index (Phi) is 6.31. The van der Waals surface area contributed by atoms with E-state index in [0.29, 0.717) is 41.0 Å². The summed E-state index contributed by atoms with van der Waals surface area (Å²) in [5.74, 6) is -1.04. The Morgan fingerprint density at radius 3 is 2.69 bits per heavy atom. The number of carbonyl (C=O) groups excluding carboxylic acids is 4. The van der Waals surface area contributed by atoms with Gasteiger partial charge in [-0.1, -0.05) is 11.6 Å². The lowest BCUT2D eigenvalue weighted by Crippen LogP contribution is -2.45. The largest absolute Gasteiger partial charge is 0.489 e. The number of hydrogen-bond acceptors (Lipinski definition) is 7. The predicted molar refractivity (Wildman–Crippen MR) is 126 cm³/mol. The van der Waals surface area contributed by atoms with Crippen LogP contribution in [-0.4, -0.2) is 62.2 Å². The van der Waals surface area contributed by atoms with Gasteiger partial charge in [-0.05, 0) is 42.8 Å². The Hall–Kier alpha value is -3.63. The van der Waals surface area contributed by atoms with Crippen LogP contribution in [0.3, 0.4) is 0 Å². The summed E-state index contributed by atoms with van der Waals surface area (Å²) in [5.41, 5.74) is 1.66. The smallest absolute Gasteiger partial charge is 0.415 e. The van der Waals surface area contributed by atoms with Crippen molar-refractivity contribution in [1.82, 2.24) is 0 Å². The van der Waals surface area contributed by atoms with Crippen LogP contribution >= 0.6 is 11.6 Å². The number of Topliss-reactive ketones (excluding diaryl/α,β-unsaturated/α-hetero) is 1. The second-order valence-corrected chi connectivity index (χ2v) is 8.78. The molecule has 3 aliphatic heterocycles. The molecule has 0 aliphatic carbocycles. The number of amides is 3. The van der Waals surface area contributed by atoms with Crippen LogP contribution in [0.5, 0.6) is 5.75 Å². The number of carbonyl (C=O) groups is 4. The molecule has 0 spiro atoms. The number of ether oxygens (including phenoxy) is 3. The summed E-state index contributed by atoms with van der Waals surface area (Å²) in [7, 11) is 0. The van der Waals surface area contributed by atoms with Crippen LogP contribution in [0, 0.1) is 0 Å². The van der Waals surface area contributed by atoms with Gasteiger partial charge in [-0.15, -0.1) is 0 Å². The van der Waals surface area contributed by atoms with Crippen LogP contribution in [-0.2, 0) is 23.9 Å². The number of ketones is 1. The average Bonchev–Trinajstić information content (AvgIpc) is 3.19. The van der Waals surface area contributed by atoms with Gasteiger partial charge in [0, 0.05) is 35.4 Å². The summed E-state index contributed by atoms with van der Waals surface area (Å²) in [4.78, 5) is 52.5. The fourth-order valence-electron chi connectivity index (χ4n) is 4.35. The molecule has 0 bridgehead atoms. The number of morpholine rings is 1. The molecule has 0 saturated carbocycles. The summed E-state index contributed by atoms with van der Waals surface area (Å²) in [6, 6.07) is 11.2. The van der Waals surface area contributed by atoms with Crippen molar-refractivity contribution in [2.45, 2.75) is 25.0 Å². The zero-order valence-electron chi connectivity index (χ0n) is 18.6. The molecule has 2 fully saturated rings. The molecule has 10 nitrogen and oxygen atoms in total. The van der Waals surface area contributed by atoms with Gasteiger partial charge < -0.3 is 24.4 Å². The molecule has 35 heavy (non-hydrogen) atoms. The minimum absolute atomic E-state index is 0.0244. The van der Waals surface area contributed by atoms with Crippen LogP contribution in [0.2, 0.25) is 5.02 Å². The SMILES string of the molecule is O=C(CC[C@@H]1OC(=O)N2c3ccc(N4CCOCC4=O)cc3OC[C@@H]12)C(=O)Nc1ccc(Cl)cc1. The fourth-order valence-corrected chi connectivity index (χ4v) is 4.48. The van der Waals surface area contributed by atoms with Crippen molar-refractivity contribution in [1.29, 1.82) is 0 Å². The van der Waals surface area contributed by atoms with Gasteiger partial charge >= 0.3 is 6.09 Å². The van der Waals surface area contributed by atoms with Crippen LogP contribution < -0.4 is 19.9 Å². The lowest BCUT2D eigenvalue weighted by atomic mass is 10.0. The van der Waals surface area contributed by atoms with E-state index in [1.807, 2.05) is 0 Å². The Bertz CT molecular complexity index is 1190. The molecule has 2 atom stereocenters. The average molecular weight is 500 g/mol. The quantitative estimate of drug-likeness (QED) is 0.608. The number of rotatable bonds is 6. The van der Waals surface area contributed by atoms with Crippen molar-refractivity contribution in [3.05, 3.63) is 47.5 Å². The first-order valence-corrected chi connectivity index (χ1v) is 11.5. The molecular formula is C24H22ClN3O7. The van der Waals surface area contributed by atoms with Gasteiger partial charge in [0.05, 0.1) is 12.3 Å². The molecule has 0 aromatic heterocycles. The first-order chi connectivity index (χ1) is 16.9. The van der Waals surface area contributed by atoms with Gasteiger partial charge in [0.1, 0.15) is 31.1 Å². The molecule has 2 saturated heterocycles. The Labute approximate surface area is 205 Å². The van der Waals surface area contributed by atoms with Crippen LogP contribution in [0.1, 0.15) is 12.8 Å². The second-order valence-electron chi connectivity index (χ2n) is 8.34. The van der Waals surface area contributed by atoms with E-state index in [4.69, 9.17) is 25.8 Å². The maximum atomic E-state index is 12.7. The number of fused-ring (bicyclic) bond motifs is 3. The standard InChI is InChI=1S/C24H22ClN3O7/c25-14-1-3-15(4-2-14)26-23(31)19(29)7-8-20-18-12-34-21-11-16(27-9-10-33-13-22(27)30)5-6-17(21)28(18)24(32)35-20/h1-6,11,18,20H,7-10,12-13H2,(H,26,31)/t18-,20-/m0/s1. The van der Waals surface area contributed by atoms with E-state index in [9.17, 15) is 19.2 Å². The second kappa shape index (κ2) is 9.55. The summed E-state index contributed by atoms with van der Waals surface area (Å²) in [6.07, 6.45) is -1.06. The zero-order valence-corrected chi connectivity index (χ0v) is 19.3. The highest BCUT2D eigenvalue weighted by Gasteiger charge is 2.46. The number of nitrogens with zero attached hydrogens (tertiary/aromatic N) is 2. The van der Waals surface area contributed by atoms with Crippen LogP contribution in [0.4, 0.5) is 21.9 Å². The molecule has 0 radical (unpaired) electrons. The molecule has 0 unspecified atom stereocenters. The predicted octanol–water partition coefficient (Wildman–Crippen LogP) is 2.78. The van der Waals surface area contributed by atoms with Crippen molar-refractivity contribution in [2.24, 2.45) is 0 Å². The summed E-state index contributed by atoms with van der Waals surface area (Å²) >= 11 is 5.83. The third-order valence-electron chi connectivity index (χ3n) is 6.13. The molecular weight excluding hydrogens is 478 g/mol. The summed E-state index contributed by atoms with van der Waals surface area (Å²) in [6.45, 7) is 1.07. The van der Waals surface area contributed by atoms with E-state index in [2.05, 4.69) is 5.32 Å². The normalized spacial score (nSPS) is 21.1. The number of halogens is 1. The van der Waals surface area contributed by atoms with Gasteiger partial charge in [0.15, 0.2) is 0 Å². The van der Waals surface area contributed by atoms with Crippen molar-refractivity contribution < 1.29 is 33.4 Å². The van der Waals surface area contributed by atoms with Gasteiger partial charge in [0.2, 0.25) is 5.78 Å². The molecule has 11 heteroatoms. The number of hydrogen-bond donors (Lipinski definition) is 1. The maximum Gasteiger partial charge on any atom is 0.415 e.